The molecule has 142 valence electrons. The second-order valence-corrected chi connectivity index (χ2v) is 5.21. The average molecular weight is 381 g/mol. The number of benzene rings is 1. The Kier molecular flexibility index (Phi) is 5.42. The molecule has 1 aromatic heterocycles. The van der Waals surface area contributed by atoms with Gasteiger partial charge >= 0.3 is 18.4 Å². The van der Waals surface area contributed by atoms with Gasteiger partial charge in [-0.2, -0.15) is 41.3 Å². The molecule has 2 rings (SSSR count). The first-order chi connectivity index (χ1) is 12.0. The molecule has 1 N–H and O–H groups in total. The number of para-hydroxylation sites is 1. The Balaban J connectivity index is 2.38. The highest BCUT2D eigenvalue weighted by Gasteiger charge is 2.59. The van der Waals surface area contributed by atoms with Crippen molar-refractivity contribution in [2.75, 3.05) is 24.3 Å². The van der Waals surface area contributed by atoms with Crippen LogP contribution in [0.3, 0.4) is 0 Å². The van der Waals surface area contributed by atoms with E-state index in [4.69, 9.17) is 0 Å². The zero-order valence-electron chi connectivity index (χ0n) is 13.4. The zero-order chi connectivity index (χ0) is 19.5. The highest BCUT2D eigenvalue weighted by Crippen LogP contribution is 2.36. The summed E-state index contributed by atoms with van der Waals surface area (Å²) in [6.45, 7) is 0. The van der Waals surface area contributed by atoms with Crippen LogP contribution in [0.5, 0.6) is 6.01 Å². The predicted molar refractivity (Wildman–Crippen MR) is 80.4 cm³/mol. The van der Waals surface area contributed by atoms with E-state index in [0.717, 1.165) is 0 Å². The first-order valence-electron chi connectivity index (χ1n) is 7.02. The molecular formula is C14H13F6N5O. The van der Waals surface area contributed by atoms with Crippen LogP contribution < -0.4 is 15.0 Å². The number of alkyl halides is 6. The molecule has 2 aromatic rings. The van der Waals surface area contributed by atoms with Crippen molar-refractivity contribution in [3.05, 3.63) is 30.3 Å². The van der Waals surface area contributed by atoms with E-state index in [1.165, 1.54) is 19.0 Å². The normalized spacial score (nSPS) is 12.2. The fourth-order valence-corrected chi connectivity index (χ4v) is 1.73. The van der Waals surface area contributed by atoms with Gasteiger partial charge in [0.1, 0.15) is 0 Å². The zero-order valence-corrected chi connectivity index (χ0v) is 13.4. The lowest BCUT2D eigenvalue weighted by molar-refractivity contribution is -0.301. The third kappa shape index (κ3) is 5.10. The lowest BCUT2D eigenvalue weighted by Crippen LogP contribution is -2.47. The van der Waals surface area contributed by atoms with Crippen molar-refractivity contribution in [3.63, 3.8) is 0 Å². The van der Waals surface area contributed by atoms with Crippen molar-refractivity contribution < 1.29 is 31.1 Å². The average Bonchev–Trinajstić information content (AvgIpc) is 2.51. The molecule has 0 saturated heterocycles. The number of ether oxygens (including phenoxy) is 1. The largest absolute Gasteiger partial charge is 0.440 e. The summed E-state index contributed by atoms with van der Waals surface area (Å²) in [6.07, 6.45) is -15.4. The van der Waals surface area contributed by atoms with Crippen LogP contribution in [-0.2, 0) is 0 Å². The molecule has 0 amide bonds. The minimum Gasteiger partial charge on any atom is -0.440 e. The number of hydrogen-bond acceptors (Lipinski definition) is 6. The highest BCUT2D eigenvalue weighted by molar-refractivity contribution is 5.54. The summed E-state index contributed by atoms with van der Waals surface area (Å²) < 4.78 is 80.0. The Morgan fingerprint density at radius 2 is 1.50 bits per heavy atom. The summed E-state index contributed by atoms with van der Waals surface area (Å²) in [5.74, 6) is -0.454. The van der Waals surface area contributed by atoms with Crippen LogP contribution in [0.2, 0.25) is 0 Å². The minimum atomic E-state index is -5.68. The molecule has 26 heavy (non-hydrogen) atoms. The first-order valence-corrected chi connectivity index (χ1v) is 7.02. The van der Waals surface area contributed by atoms with E-state index < -0.39 is 24.5 Å². The molecule has 0 spiro atoms. The lowest BCUT2D eigenvalue weighted by Gasteiger charge is -2.23. The van der Waals surface area contributed by atoms with E-state index in [-0.39, 0.29) is 11.9 Å². The number of rotatable bonds is 5. The van der Waals surface area contributed by atoms with Crippen LogP contribution in [0.15, 0.2) is 30.3 Å². The van der Waals surface area contributed by atoms with Crippen LogP contribution in [0, 0.1) is 0 Å². The molecule has 0 atom stereocenters. The monoisotopic (exact) mass is 381 g/mol. The molecule has 6 nitrogen and oxygen atoms in total. The van der Waals surface area contributed by atoms with Gasteiger partial charge in [-0.05, 0) is 12.1 Å². The number of anilines is 3. The highest BCUT2D eigenvalue weighted by atomic mass is 19.4. The van der Waals surface area contributed by atoms with Crippen molar-refractivity contribution in [1.29, 1.82) is 0 Å². The van der Waals surface area contributed by atoms with Crippen LogP contribution in [-0.4, -0.2) is 47.5 Å². The number of halogens is 6. The lowest BCUT2D eigenvalue weighted by atomic mass is 10.3. The predicted octanol–water partition coefficient (Wildman–Crippen LogP) is 3.55. The fourth-order valence-electron chi connectivity index (χ4n) is 1.73. The van der Waals surface area contributed by atoms with Crippen molar-refractivity contribution in [2.45, 2.75) is 18.5 Å². The molecule has 1 aromatic carbocycles. The molecule has 0 fully saturated rings. The van der Waals surface area contributed by atoms with Gasteiger partial charge in [0.2, 0.25) is 11.9 Å². The van der Waals surface area contributed by atoms with Crippen LogP contribution in [0.4, 0.5) is 43.9 Å². The number of nitrogens with zero attached hydrogens (tertiary/aromatic N) is 4. The SMILES string of the molecule is CN(C)c1nc(Nc2ccccc2)nc(OC(C(F)(F)F)C(F)(F)F)n1. The Bertz CT molecular complexity index is 721. The van der Waals surface area contributed by atoms with E-state index in [1.54, 1.807) is 30.3 Å². The van der Waals surface area contributed by atoms with Gasteiger partial charge in [-0.25, -0.2) is 0 Å². The number of aromatic nitrogens is 3. The van der Waals surface area contributed by atoms with Gasteiger partial charge < -0.3 is 15.0 Å². The maximum absolute atomic E-state index is 12.7. The smallest absolute Gasteiger partial charge is 0.434 e. The summed E-state index contributed by atoms with van der Waals surface area (Å²) in [7, 11) is 2.91. The quantitative estimate of drug-likeness (QED) is 0.800. The molecule has 12 heteroatoms. The van der Waals surface area contributed by atoms with E-state index in [9.17, 15) is 26.3 Å². The maximum atomic E-state index is 12.7. The topological polar surface area (TPSA) is 63.2 Å². The van der Waals surface area contributed by atoms with Gasteiger partial charge in [-0.1, -0.05) is 18.2 Å². The summed E-state index contributed by atoms with van der Waals surface area (Å²) in [6, 6.07) is 7.15. The standard InChI is InChI=1S/C14H13F6N5O/c1-25(2)11-22-10(21-8-6-4-3-5-7-8)23-12(24-11)26-9(13(15,16)17)14(18,19)20/h3-7,9H,1-2H3,(H,21,22,23,24). The van der Waals surface area contributed by atoms with Gasteiger partial charge in [0.25, 0.3) is 6.10 Å². The van der Waals surface area contributed by atoms with Crippen molar-refractivity contribution in [2.24, 2.45) is 0 Å². The van der Waals surface area contributed by atoms with E-state index in [2.05, 4.69) is 25.0 Å². The van der Waals surface area contributed by atoms with Crippen LogP contribution in [0.25, 0.3) is 0 Å². The van der Waals surface area contributed by atoms with Gasteiger partial charge in [-0.3, -0.25) is 0 Å². The van der Waals surface area contributed by atoms with Gasteiger partial charge in [0.05, 0.1) is 0 Å². The molecule has 0 radical (unpaired) electrons. The van der Waals surface area contributed by atoms with Gasteiger partial charge in [0.15, 0.2) is 0 Å². The summed E-state index contributed by atoms with van der Waals surface area (Å²) >= 11 is 0. The molecular weight excluding hydrogens is 368 g/mol. The molecule has 0 saturated carbocycles. The second kappa shape index (κ2) is 7.22. The second-order valence-electron chi connectivity index (χ2n) is 5.21. The molecule has 1 heterocycles. The van der Waals surface area contributed by atoms with Gasteiger partial charge in [0, 0.05) is 19.8 Å². The van der Waals surface area contributed by atoms with Crippen LogP contribution in [0.1, 0.15) is 0 Å². The van der Waals surface area contributed by atoms with E-state index in [1.807, 2.05) is 0 Å². The van der Waals surface area contributed by atoms with Gasteiger partial charge in [-0.15, -0.1) is 0 Å². The Morgan fingerprint density at radius 3 is 2.00 bits per heavy atom. The summed E-state index contributed by atoms with van der Waals surface area (Å²) in [5.41, 5.74) is 0.470. The van der Waals surface area contributed by atoms with Crippen LogP contribution >= 0.6 is 0 Å². The van der Waals surface area contributed by atoms with E-state index >= 15 is 0 Å². The molecule has 0 aliphatic rings. The maximum Gasteiger partial charge on any atom is 0.434 e. The summed E-state index contributed by atoms with van der Waals surface area (Å²) in [5, 5.41) is 2.66. The minimum absolute atomic E-state index is 0.184. The Hall–Kier alpha value is -2.79. The third-order valence-electron chi connectivity index (χ3n) is 2.85. The van der Waals surface area contributed by atoms with Crippen molar-refractivity contribution in [1.82, 2.24) is 15.0 Å². The number of nitrogens with one attached hydrogen (secondary N) is 1. The molecule has 0 bridgehead atoms. The Labute approximate surface area is 143 Å². The summed E-state index contributed by atoms with van der Waals surface area (Å²) in [4.78, 5) is 12.2. The first kappa shape index (κ1) is 19.5. The van der Waals surface area contributed by atoms with Crippen molar-refractivity contribution in [3.8, 4) is 6.01 Å². The fraction of sp³-hybridized carbons (Fsp3) is 0.357. The molecule has 0 aliphatic heterocycles. The molecule has 0 aliphatic carbocycles. The Morgan fingerprint density at radius 1 is 0.923 bits per heavy atom. The number of hydrogen-bond donors (Lipinski definition) is 1. The van der Waals surface area contributed by atoms with Crippen molar-refractivity contribution >= 4 is 17.6 Å². The van der Waals surface area contributed by atoms with E-state index in [0.29, 0.717) is 5.69 Å². The third-order valence-corrected chi connectivity index (χ3v) is 2.85. The molecule has 0 unspecified atom stereocenters.